The minimum Gasteiger partial charge on any atom is -0.354 e. The zero-order valence-corrected chi connectivity index (χ0v) is 19.0. The summed E-state index contributed by atoms with van der Waals surface area (Å²) >= 11 is 0. The van der Waals surface area contributed by atoms with Crippen LogP contribution < -0.4 is 10.2 Å². The van der Waals surface area contributed by atoms with E-state index < -0.39 is 0 Å². The summed E-state index contributed by atoms with van der Waals surface area (Å²) in [5.41, 5.74) is 3.82. The van der Waals surface area contributed by atoms with Gasteiger partial charge in [0, 0.05) is 57.4 Å². The van der Waals surface area contributed by atoms with Crippen LogP contribution in [0.2, 0.25) is 0 Å². The second-order valence-corrected chi connectivity index (χ2v) is 8.95. The number of anilines is 1. The second kappa shape index (κ2) is 9.75. The molecule has 0 bridgehead atoms. The fourth-order valence-corrected chi connectivity index (χ4v) is 4.51. The molecule has 7 nitrogen and oxygen atoms in total. The van der Waals surface area contributed by atoms with Crippen LogP contribution >= 0.6 is 0 Å². The van der Waals surface area contributed by atoms with E-state index in [9.17, 15) is 4.79 Å². The Morgan fingerprint density at radius 2 is 1.77 bits per heavy atom. The molecule has 0 saturated carbocycles. The third-order valence-electron chi connectivity index (χ3n) is 5.97. The van der Waals surface area contributed by atoms with Crippen molar-refractivity contribution in [1.82, 2.24) is 25.1 Å². The molecule has 0 unspecified atom stereocenters. The summed E-state index contributed by atoms with van der Waals surface area (Å²) in [4.78, 5) is 28.8. The molecule has 0 atom stereocenters. The highest BCUT2D eigenvalue weighted by Gasteiger charge is 2.27. The molecule has 0 aliphatic carbocycles. The van der Waals surface area contributed by atoms with Crippen molar-refractivity contribution in [2.75, 3.05) is 44.2 Å². The number of aryl methyl sites for hydroxylation is 1. The van der Waals surface area contributed by atoms with Gasteiger partial charge in [-0.25, -0.2) is 9.97 Å². The molecule has 0 radical (unpaired) electrons. The van der Waals surface area contributed by atoms with Gasteiger partial charge in [0.1, 0.15) is 11.6 Å². The minimum atomic E-state index is 0.109. The van der Waals surface area contributed by atoms with Gasteiger partial charge in [0.05, 0.1) is 12.2 Å². The van der Waals surface area contributed by atoms with E-state index in [0.717, 1.165) is 63.9 Å². The van der Waals surface area contributed by atoms with Gasteiger partial charge in [-0.2, -0.15) is 0 Å². The van der Waals surface area contributed by atoms with Crippen LogP contribution in [0, 0.1) is 6.92 Å². The van der Waals surface area contributed by atoms with E-state index in [2.05, 4.69) is 50.3 Å². The summed E-state index contributed by atoms with van der Waals surface area (Å²) in [6.07, 6.45) is 0.981. The van der Waals surface area contributed by atoms with E-state index in [4.69, 9.17) is 9.97 Å². The molecule has 2 aromatic rings. The first-order chi connectivity index (χ1) is 15.0. The first-order valence-corrected chi connectivity index (χ1v) is 11.4. The molecule has 3 heterocycles. The quantitative estimate of drug-likeness (QED) is 0.768. The van der Waals surface area contributed by atoms with E-state index in [0.29, 0.717) is 6.54 Å². The number of carbonyl (C=O) groups excluding carboxylic acids is 1. The highest BCUT2D eigenvalue weighted by atomic mass is 16.2. The molecular weight excluding hydrogens is 388 g/mol. The molecule has 2 aliphatic heterocycles. The predicted octanol–water partition coefficient (Wildman–Crippen LogP) is 1.99. The number of amides is 1. The van der Waals surface area contributed by atoms with Crippen LogP contribution in [0.4, 0.5) is 5.82 Å². The smallest absolute Gasteiger partial charge is 0.234 e. The Bertz CT molecular complexity index is 892. The Hall–Kier alpha value is -2.51. The Labute approximate surface area is 185 Å². The highest BCUT2D eigenvalue weighted by Crippen LogP contribution is 2.28. The number of piperazine rings is 1. The molecular formula is C24H34N6O. The van der Waals surface area contributed by atoms with E-state index in [1.807, 2.05) is 20.8 Å². The summed E-state index contributed by atoms with van der Waals surface area (Å²) in [6.45, 7) is 12.9. The molecule has 166 valence electrons. The topological polar surface area (TPSA) is 64.6 Å². The Morgan fingerprint density at radius 3 is 2.48 bits per heavy atom. The zero-order chi connectivity index (χ0) is 21.8. The normalized spacial score (nSPS) is 17.6. The molecule has 1 fully saturated rings. The lowest BCUT2D eigenvalue weighted by atomic mass is 10.0. The Kier molecular flexibility index (Phi) is 6.83. The summed E-state index contributed by atoms with van der Waals surface area (Å²) in [5.74, 6) is 2.06. The van der Waals surface area contributed by atoms with Crippen LogP contribution in [0.3, 0.4) is 0 Å². The predicted molar refractivity (Wildman–Crippen MR) is 123 cm³/mol. The fourth-order valence-electron chi connectivity index (χ4n) is 4.51. The largest absolute Gasteiger partial charge is 0.354 e. The van der Waals surface area contributed by atoms with Crippen LogP contribution in [-0.4, -0.2) is 71.0 Å². The number of carbonyl (C=O) groups is 1. The van der Waals surface area contributed by atoms with Gasteiger partial charge in [-0.1, -0.05) is 30.3 Å². The van der Waals surface area contributed by atoms with Crippen molar-refractivity contribution >= 4 is 11.7 Å². The van der Waals surface area contributed by atoms with Gasteiger partial charge in [0.2, 0.25) is 5.91 Å². The van der Waals surface area contributed by atoms with Crippen LogP contribution in [0.5, 0.6) is 0 Å². The first kappa shape index (κ1) is 21.7. The summed E-state index contributed by atoms with van der Waals surface area (Å²) in [6, 6.07) is 10.8. The van der Waals surface area contributed by atoms with Gasteiger partial charge in [-0.3, -0.25) is 14.6 Å². The molecule has 7 heteroatoms. The van der Waals surface area contributed by atoms with E-state index >= 15 is 0 Å². The maximum atomic E-state index is 12.1. The second-order valence-electron chi connectivity index (χ2n) is 8.95. The van der Waals surface area contributed by atoms with E-state index in [1.165, 1.54) is 16.8 Å². The van der Waals surface area contributed by atoms with Crippen molar-refractivity contribution in [3.63, 3.8) is 0 Å². The maximum absolute atomic E-state index is 12.1. The molecule has 1 N–H and O–H groups in total. The summed E-state index contributed by atoms with van der Waals surface area (Å²) in [7, 11) is 0. The first-order valence-electron chi connectivity index (χ1n) is 11.4. The minimum absolute atomic E-state index is 0.109. The lowest BCUT2D eigenvalue weighted by Gasteiger charge is -2.37. The Balaban J connectivity index is 1.40. The van der Waals surface area contributed by atoms with Gasteiger partial charge in [-0.05, 0) is 32.8 Å². The lowest BCUT2D eigenvalue weighted by Crippen LogP contribution is -2.50. The van der Waals surface area contributed by atoms with E-state index in [-0.39, 0.29) is 11.9 Å². The number of hydrogen-bond donors (Lipinski definition) is 1. The average Bonchev–Trinajstić information content (AvgIpc) is 2.73. The number of benzene rings is 1. The monoisotopic (exact) mass is 422 g/mol. The van der Waals surface area contributed by atoms with Crippen LogP contribution in [0.25, 0.3) is 0 Å². The van der Waals surface area contributed by atoms with Crippen molar-refractivity contribution in [3.8, 4) is 0 Å². The van der Waals surface area contributed by atoms with Crippen LogP contribution in [0.15, 0.2) is 30.3 Å². The van der Waals surface area contributed by atoms with Crippen molar-refractivity contribution in [2.45, 2.75) is 46.3 Å². The third-order valence-corrected chi connectivity index (χ3v) is 5.97. The number of nitrogens with one attached hydrogen (secondary N) is 1. The number of nitrogens with zero attached hydrogens (tertiary/aromatic N) is 5. The lowest BCUT2D eigenvalue weighted by molar-refractivity contribution is -0.122. The molecule has 1 amide bonds. The summed E-state index contributed by atoms with van der Waals surface area (Å²) < 4.78 is 0. The summed E-state index contributed by atoms with van der Waals surface area (Å²) in [5, 5.41) is 2.98. The highest BCUT2D eigenvalue weighted by molar-refractivity contribution is 5.78. The molecule has 2 aliphatic rings. The van der Waals surface area contributed by atoms with Crippen molar-refractivity contribution in [1.29, 1.82) is 0 Å². The maximum Gasteiger partial charge on any atom is 0.234 e. The standard InChI is InChI=1S/C24H34N6O/c1-18(2)25-23(31)17-28-11-13-30(14-12-28)24-21-9-10-29(15-20-7-5-4-6-8-20)16-22(21)26-19(3)27-24/h4-8,18H,9-17H2,1-3H3,(H,25,31). The van der Waals surface area contributed by atoms with Gasteiger partial charge < -0.3 is 10.2 Å². The van der Waals surface area contributed by atoms with Gasteiger partial charge in [0.15, 0.2) is 0 Å². The zero-order valence-electron chi connectivity index (χ0n) is 19.0. The molecule has 1 aromatic heterocycles. The SMILES string of the molecule is Cc1nc2c(c(N3CCN(CC(=O)NC(C)C)CC3)n1)CCN(Cc1ccccc1)C2. The molecule has 0 spiro atoms. The van der Waals surface area contributed by atoms with Crippen LogP contribution in [0.1, 0.15) is 36.5 Å². The Morgan fingerprint density at radius 1 is 1.03 bits per heavy atom. The molecule has 1 saturated heterocycles. The molecule has 1 aromatic carbocycles. The number of fused-ring (bicyclic) bond motifs is 1. The van der Waals surface area contributed by atoms with Crippen molar-refractivity contribution in [3.05, 3.63) is 53.0 Å². The fraction of sp³-hybridized carbons (Fsp3) is 0.542. The molecule has 4 rings (SSSR count). The number of aromatic nitrogens is 2. The van der Waals surface area contributed by atoms with E-state index in [1.54, 1.807) is 0 Å². The third kappa shape index (κ3) is 5.60. The average molecular weight is 423 g/mol. The molecule has 31 heavy (non-hydrogen) atoms. The van der Waals surface area contributed by atoms with Crippen molar-refractivity contribution in [2.24, 2.45) is 0 Å². The van der Waals surface area contributed by atoms with Crippen LogP contribution in [-0.2, 0) is 24.3 Å². The van der Waals surface area contributed by atoms with Gasteiger partial charge in [0.25, 0.3) is 0 Å². The number of rotatable bonds is 6. The van der Waals surface area contributed by atoms with Gasteiger partial charge in [-0.15, -0.1) is 0 Å². The number of hydrogen-bond acceptors (Lipinski definition) is 6. The van der Waals surface area contributed by atoms with Crippen molar-refractivity contribution < 1.29 is 4.79 Å². The van der Waals surface area contributed by atoms with Gasteiger partial charge >= 0.3 is 0 Å².